The number of ether oxygens (including phenoxy) is 1. The van der Waals surface area contributed by atoms with Crippen LogP contribution in [0.1, 0.15) is 37.3 Å². The van der Waals surface area contributed by atoms with Crippen LogP contribution in [0.2, 0.25) is 0 Å². The minimum Gasteiger partial charge on any atom is -0.489 e. The highest BCUT2D eigenvalue weighted by atomic mass is 16.5. The molecule has 0 aromatic heterocycles. The molecule has 2 aliphatic heterocycles. The molecule has 2 aromatic carbocycles. The van der Waals surface area contributed by atoms with E-state index >= 15 is 0 Å². The van der Waals surface area contributed by atoms with E-state index in [0.29, 0.717) is 13.0 Å². The molecule has 1 fully saturated rings. The molecule has 0 N–H and O–H groups in total. The van der Waals surface area contributed by atoms with Crippen LogP contribution < -0.4 is 9.64 Å². The van der Waals surface area contributed by atoms with Crippen LogP contribution in [-0.4, -0.2) is 36.5 Å². The van der Waals surface area contributed by atoms with Gasteiger partial charge in [-0.05, 0) is 43.4 Å². The molecule has 0 radical (unpaired) electrons. The van der Waals surface area contributed by atoms with Gasteiger partial charge in [-0.3, -0.25) is 4.79 Å². The Kier molecular flexibility index (Phi) is 5.56. The van der Waals surface area contributed by atoms with Crippen molar-refractivity contribution in [2.24, 2.45) is 5.92 Å². The highest BCUT2D eigenvalue weighted by Crippen LogP contribution is 2.35. The number of anilines is 1. The maximum atomic E-state index is 13.0. The number of para-hydroxylation sites is 2. The van der Waals surface area contributed by atoms with Crippen LogP contribution in [0.15, 0.2) is 48.5 Å². The predicted molar refractivity (Wildman–Crippen MR) is 113 cm³/mol. The van der Waals surface area contributed by atoms with Gasteiger partial charge < -0.3 is 14.5 Å². The number of carbonyl (C=O) groups excluding carboxylic acids is 1. The number of piperidine rings is 1. The fourth-order valence-corrected chi connectivity index (χ4v) is 4.15. The summed E-state index contributed by atoms with van der Waals surface area (Å²) in [6, 6.07) is 16.9. The molecule has 0 aliphatic carbocycles. The van der Waals surface area contributed by atoms with E-state index in [-0.39, 0.29) is 11.9 Å². The second-order valence-electron chi connectivity index (χ2n) is 8.31. The number of rotatable bonds is 4. The molecular weight excluding hydrogens is 348 g/mol. The van der Waals surface area contributed by atoms with Gasteiger partial charge in [0.1, 0.15) is 12.4 Å². The summed E-state index contributed by atoms with van der Waals surface area (Å²) in [5.41, 5.74) is 3.60. The summed E-state index contributed by atoms with van der Waals surface area (Å²) in [5, 5.41) is 0. The molecule has 2 aliphatic rings. The minimum atomic E-state index is 0.0584. The summed E-state index contributed by atoms with van der Waals surface area (Å²) in [6.07, 6.45) is 2.74. The summed E-state index contributed by atoms with van der Waals surface area (Å²) < 4.78 is 6.02. The second-order valence-corrected chi connectivity index (χ2v) is 8.31. The molecule has 4 heteroatoms. The van der Waals surface area contributed by atoms with Crippen molar-refractivity contribution in [2.75, 3.05) is 24.6 Å². The van der Waals surface area contributed by atoms with Gasteiger partial charge in [0, 0.05) is 19.6 Å². The molecule has 0 bridgehead atoms. The van der Waals surface area contributed by atoms with Crippen molar-refractivity contribution in [1.29, 1.82) is 0 Å². The first-order valence-electron chi connectivity index (χ1n) is 10.4. The van der Waals surface area contributed by atoms with Crippen LogP contribution in [0.4, 0.5) is 5.69 Å². The lowest BCUT2D eigenvalue weighted by Gasteiger charge is -2.40. The van der Waals surface area contributed by atoms with Gasteiger partial charge in [0.05, 0.1) is 18.2 Å². The summed E-state index contributed by atoms with van der Waals surface area (Å²) in [7, 11) is 0. The number of aryl methyl sites for hydroxylation is 1. The monoisotopic (exact) mass is 378 g/mol. The van der Waals surface area contributed by atoms with Crippen LogP contribution in [-0.2, 0) is 11.3 Å². The van der Waals surface area contributed by atoms with Crippen LogP contribution in [0.3, 0.4) is 0 Å². The van der Waals surface area contributed by atoms with Crippen LogP contribution in [0.5, 0.6) is 5.75 Å². The smallest absolute Gasteiger partial charge is 0.224 e. The summed E-state index contributed by atoms with van der Waals surface area (Å²) >= 11 is 0. The Morgan fingerprint density at radius 3 is 2.54 bits per heavy atom. The van der Waals surface area contributed by atoms with Crippen LogP contribution >= 0.6 is 0 Å². The van der Waals surface area contributed by atoms with E-state index in [1.165, 1.54) is 11.1 Å². The van der Waals surface area contributed by atoms with Gasteiger partial charge in [0.25, 0.3) is 0 Å². The quantitative estimate of drug-likeness (QED) is 0.790. The van der Waals surface area contributed by atoms with Gasteiger partial charge in [-0.2, -0.15) is 0 Å². The summed E-state index contributed by atoms with van der Waals surface area (Å²) in [5.74, 6) is 1.89. The lowest BCUT2D eigenvalue weighted by atomic mass is 9.98. The van der Waals surface area contributed by atoms with Crippen molar-refractivity contribution in [3.8, 4) is 5.75 Å². The number of benzene rings is 2. The molecule has 4 nitrogen and oxygen atoms in total. The zero-order valence-corrected chi connectivity index (χ0v) is 16.9. The van der Waals surface area contributed by atoms with E-state index in [1.807, 2.05) is 23.1 Å². The molecule has 148 valence electrons. The Labute approximate surface area is 168 Å². The first-order chi connectivity index (χ1) is 13.6. The van der Waals surface area contributed by atoms with E-state index in [1.54, 1.807) is 0 Å². The number of fused-ring (bicyclic) bond motifs is 1. The normalized spacial score (nSPS) is 19.9. The first-order valence-corrected chi connectivity index (χ1v) is 10.4. The molecule has 0 unspecified atom stereocenters. The SMILES string of the molecule is Cc1ccc(CN2c3ccccc3OC[C@H]2CC(=O)N2CCC(C)CC2)cc1. The Hall–Kier alpha value is -2.49. The number of hydrogen-bond acceptors (Lipinski definition) is 3. The third kappa shape index (κ3) is 4.16. The maximum absolute atomic E-state index is 13.0. The molecule has 1 atom stereocenters. The Bertz CT molecular complexity index is 810. The molecule has 2 aromatic rings. The Morgan fingerprint density at radius 1 is 1.07 bits per heavy atom. The molecular formula is C24H30N2O2. The van der Waals surface area contributed by atoms with Crippen molar-refractivity contribution >= 4 is 11.6 Å². The number of likely N-dealkylation sites (tertiary alicyclic amines) is 1. The molecule has 0 spiro atoms. The first kappa shape index (κ1) is 18.9. The zero-order chi connectivity index (χ0) is 19.5. The minimum absolute atomic E-state index is 0.0584. The van der Waals surface area contributed by atoms with E-state index in [4.69, 9.17) is 4.74 Å². The molecule has 1 amide bonds. The maximum Gasteiger partial charge on any atom is 0.224 e. The fraction of sp³-hybridized carbons (Fsp3) is 0.458. The van der Waals surface area contributed by atoms with E-state index in [0.717, 1.165) is 49.8 Å². The van der Waals surface area contributed by atoms with Crippen LogP contribution in [0, 0.1) is 12.8 Å². The standard InChI is InChI=1S/C24H30N2O2/c1-18-7-9-20(10-8-18)16-26-21(17-28-23-6-4-3-5-22(23)26)15-24(27)25-13-11-19(2)12-14-25/h3-10,19,21H,11-17H2,1-2H3/t21-/m1/s1. The highest BCUT2D eigenvalue weighted by molar-refractivity contribution is 5.78. The van der Waals surface area contributed by atoms with E-state index in [2.05, 4.69) is 49.1 Å². The molecule has 0 saturated carbocycles. The number of carbonyl (C=O) groups is 1. The number of nitrogens with zero attached hydrogens (tertiary/aromatic N) is 2. The van der Waals surface area contributed by atoms with Gasteiger partial charge in [-0.25, -0.2) is 0 Å². The average molecular weight is 379 g/mol. The van der Waals surface area contributed by atoms with Gasteiger partial charge in [-0.1, -0.05) is 48.9 Å². The zero-order valence-electron chi connectivity index (χ0n) is 16.9. The molecule has 28 heavy (non-hydrogen) atoms. The van der Waals surface area contributed by atoms with Gasteiger partial charge in [0.15, 0.2) is 0 Å². The molecule has 2 heterocycles. The van der Waals surface area contributed by atoms with Gasteiger partial charge >= 0.3 is 0 Å². The predicted octanol–water partition coefficient (Wildman–Crippen LogP) is 4.41. The second kappa shape index (κ2) is 8.26. The van der Waals surface area contributed by atoms with Crippen molar-refractivity contribution in [2.45, 2.75) is 45.7 Å². The van der Waals surface area contributed by atoms with Gasteiger partial charge in [0.2, 0.25) is 5.91 Å². The number of hydrogen-bond donors (Lipinski definition) is 0. The van der Waals surface area contributed by atoms with Crippen molar-refractivity contribution < 1.29 is 9.53 Å². The third-order valence-electron chi connectivity index (χ3n) is 6.07. The fourth-order valence-electron chi connectivity index (χ4n) is 4.15. The lowest BCUT2D eigenvalue weighted by Crippen LogP contribution is -2.47. The Morgan fingerprint density at radius 2 is 1.79 bits per heavy atom. The third-order valence-corrected chi connectivity index (χ3v) is 6.07. The number of amides is 1. The van der Waals surface area contributed by atoms with Crippen molar-refractivity contribution in [3.05, 3.63) is 59.7 Å². The molecule has 4 rings (SSSR count). The average Bonchev–Trinajstić information content (AvgIpc) is 2.71. The van der Waals surface area contributed by atoms with Gasteiger partial charge in [-0.15, -0.1) is 0 Å². The molecule has 1 saturated heterocycles. The highest BCUT2D eigenvalue weighted by Gasteiger charge is 2.31. The largest absolute Gasteiger partial charge is 0.489 e. The topological polar surface area (TPSA) is 32.8 Å². The van der Waals surface area contributed by atoms with E-state index in [9.17, 15) is 4.79 Å². The lowest BCUT2D eigenvalue weighted by molar-refractivity contribution is -0.133. The Balaban J connectivity index is 1.53. The summed E-state index contributed by atoms with van der Waals surface area (Å²) in [6.45, 7) is 7.50. The van der Waals surface area contributed by atoms with Crippen LogP contribution in [0.25, 0.3) is 0 Å². The summed E-state index contributed by atoms with van der Waals surface area (Å²) in [4.78, 5) is 17.4. The van der Waals surface area contributed by atoms with Crippen molar-refractivity contribution in [1.82, 2.24) is 4.90 Å². The van der Waals surface area contributed by atoms with E-state index < -0.39 is 0 Å². The van der Waals surface area contributed by atoms with Crippen molar-refractivity contribution in [3.63, 3.8) is 0 Å².